The number of benzene rings is 4. The summed E-state index contributed by atoms with van der Waals surface area (Å²) < 4.78 is 21.0. The summed E-state index contributed by atoms with van der Waals surface area (Å²) in [5, 5.41) is 0. The van der Waals surface area contributed by atoms with E-state index in [1.807, 2.05) is 130 Å². The highest BCUT2D eigenvalue weighted by molar-refractivity contribution is 5.85. The number of pyridine rings is 1. The lowest BCUT2D eigenvalue weighted by molar-refractivity contribution is -0.153. The lowest BCUT2D eigenvalue weighted by Gasteiger charge is -2.19. The second-order valence-corrected chi connectivity index (χ2v) is 12.4. The molecule has 0 aliphatic carbocycles. The molecule has 0 saturated carbocycles. The Morgan fingerprint density at radius 1 is 0.702 bits per heavy atom. The van der Waals surface area contributed by atoms with Crippen LogP contribution in [0.3, 0.4) is 0 Å². The lowest BCUT2D eigenvalue weighted by atomic mass is 10.0. The number of imidazole rings is 1. The van der Waals surface area contributed by atoms with Gasteiger partial charge < -0.3 is 14.2 Å². The van der Waals surface area contributed by atoms with Crippen molar-refractivity contribution in [2.24, 2.45) is 7.05 Å². The number of aryl methyl sites for hydroxylation is 1. The monoisotopic (exact) mass is 627 g/mol. The number of rotatable bonds is 10. The first-order chi connectivity index (χ1) is 22.6. The fourth-order valence-corrected chi connectivity index (χ4v) is 5.39. The molecule has 0 N–H and O–H groups in total. The number of hydrogen-bond acceptors (Lipinski definition) is 6. The van der Waals surface area contributed by atoms with Gasteiger partial charge in [0.2, 0.25) is 11.8 Å². The first-order valence-corrected chi connectivity index (χ1v) is 15.5. The first-order valence-electron chi connectivity index (χ1n) is 15.5. The molecule has 0 fully saturated rings. The molecule has 0 aliphatic heterocycles. The van der Waals surface area contributed by atoms with Gasteiger partial charge in [-0.15, -0.1) is 0 Å². The van der Waals surface area contributed by atoms with Crippen molar-refractivity contribution >= 4 is 17.0 Å². The van der Waals surface area contributed by atoms with Crippen LogP contribution in [-0.4, -0.2) is 25.7 Å². The summed E-state index contributed by atoms with van der Waals surface area (Å²) in [4.78, 5) is 31.0. The standard InChI is InChI=1S/C39H37N3O5/c1-39(2,3)47-36(43)23-29-16-11-17-30(22-29)31-18-19-32-34(24-31)41(4)38(44)42(32)33-20-21-35(45-25-27-12-7-5-8-13-27)40-37(33)46-26-28-14-9-6-10-15-28/h5-22,24H,23,25-26H2,1-4H3. The molecule has 0 radical (unpaired) electrons. The minimum Gasteiger partial charge on any atom is -0.473 e. The van der Waals surface area contributed by atoms with Gasteiger partial charge in [0.25, 0.3) is 0 Å². The second kappa shape index (κ2) is 13.4. The molecule has 2 aromatic heterocycles. The number of esters is 1. The molecule has 0 bridgehead atoms. The first kappa shape index (κ1) is 31.4. The van der Waals surface area contributed by atoms with E-state index in [0.29, 0.717) is 23.7 Å². The van der Waals surface area contributed by atoms with Gasteiger partial charge in [-0.05, 0) is 66.8 Å². The molecule has 2 heterocycles. The van der Waals surface area contributed by atoms with Gasteiger partial charge in [-0.3, -0.25) is 13.9 Å². The van der Waals surface area contributed by atoms with Crippen LogP contribution in [-0.2, 0) is 36.2 Å². The molecule has 0 spiro atoms. The summed E-state index contributed by atoms with van der Waals surface area (Å²) in [7, 11) is 1.75. The molecule has 6 aromatic rings. The number of carbonyl (C=O) groups is 1. The molecular formula is C39H37N3O5. The Labute approximate surface area is 273 Å². The van der Waals surface area contributed by atoms with Crippen molar-refractivity contribution in [1.82, 2.24) is 14.1 Å². The smallest absolute Gasteiger partial charge is 0.333 e. The summed E-state index contributed by atoms with van der Waals surface area (Å²) in [5.74, 6) is 0.399. The highest BCUT2D eigenvalue weighted by atomic mass is 16.6. The summed E-state index contributed by atoms with van der Waals surface area (Å²) in [6.07, 6.45) is 0.173. The van der Waals surface area contributed by atoms with E-state index in [0.717, 1.165) is 33.3 Å². The number of ether oxygens (including phenoxy) is 3. The fourth-order valence-electron chi connectivity index (χ4n) is 5.39. The van der Waals surface area contributed by atoms with E-state index in [1.165, 1.54) is 0 Å². The minimum absolute atomic E-state index is 0.173. The van der Waals surface area contributed by atoms with Crippen molar-refractivity contribution in [3.05, 3.63) is 142 Å². The summed E-state index contributed by atoms with van der Waals surface area (Å²) in [6, 6.07) is 36.9. The molecule has 47 heavy (non-hydrogen) atoms. The SMILES string of the molecule is Cn1c(=O)n(-c2ccc(OCc3ccccc3)nc2OCc2ccccc2)c2ccc(-c3cccc(CC(=O)OC(C)(C)C)c3)cc21. The zero-order valence-corrected chi connectivity index (χ0v) is 27.0. The number of hydrogen-bond donors (Lipinski definition) is 0. The highest BCUT2D eigenvalue weighted by Crippen LogP contribution is 2.30. The fraction of sp³-hybridized carbons (Fsp3) is 0.205. The van der Waals surface area contributed by atoms with Crippen LogP contribution in [0.4, 0.5) is 0 Å². The van der Waals surface area contributed by atoms with E-state index >= 15 is 0 Å². The molecular weight excluding hydrogens is 590 g/mol. The van der Waals surface area contributed by atoms with Crippen molar-refractivity contribution in [3.8, 4) is 28.6 Å². The normalized spacial score (nSPS) is 11.4. The predicted octanol–water partition coefficient (Wildman–Crippen LogP) is 7.43. The number of nitrogens with zero attached hydrogens (tertiary/aromatic N) is 3. The average Bonchev–Trinajstić information content (AvgIpc) is 3.31. The molecule has 8 nitrogen and oxygen atoms in total. The van der Waals surface area contributed by atoms with Gasteiger partial charge in [0.1, 0.15) is 24.5 Å². The van der Waals surface area contributed by atoms with Crippen LogP contribution >= 0.6 is 0 Å². The Hall–Kier alpha value is -5.63. The molecule has 0 atom stereocenters. The topological polar surface area (TPSA) is 84.6 Å². The number of carbonyl (C=O) groups excluding carboxylic acids is 1. The Morgan fingerprint density at radius 2 is 1.34 bits per heavy atom. The second-order valence-electron chi connectivity index (χ2n) is 12.4. The van der Waals surface area contributed by atoms with Gasteiger partial charge in [0.05, 0.1) is 17.5 Å². The molecule has 0 unspecified atom stereocenters. The highest BCUT2D eigenvalue weighted by Gasteiger charge is 2.20. The lowest BCUT2D eigenvalue weighted by Crippen LogP contribution is -2.24. The Bertz CT molecular complexity index is 2080. The van der Waals surface area contributed by atoms with Crippen LogP contribution in [0.15, 0.2) is 120 Å². The minimum atomic E-state index is -0.546. The van der Waals surface area contributed by atoms with E-state index in [2.05, 4.69) is 0 Å². The van der Waals surface area contributed by atoms with Crippen molar-refractivity contribution in [3.63, 3.8) is 0 Å². The van der Waals surface area contributed by atoms with Crippen LogP contribution in [0.1, 0.15) is 37.5 Å². The van der Waals surface area contributed by atoms with Gasteiger partial charge in [-0.25, -0.2) is 4.79 Å². The van der Waals surface area contributed by atoms with Crippen molar-refractivity contribution in [2.45, 2.75) is 46.0 Å². The summed E-state index contributed by atoms with van der Waals surface area (Å²) in [6.45, 7) is 6.19. The van der Waals surface area contributed by atoms with Crippen molar-refractivity contribution < 1.29 is 19.0 Å². The zero-order valence-electron chi connectivity index (χ0n) is 27.0. The molecule has 4 aromatic carbocycles. The Kier molecular flexibility index (Phi) is 8.93. The molecule has 0 amide bonds. The van der Waals surface area contributed by atoms with Crippen LogP contribution in [0.5, 0.6) is 11.8 Å². The van der Waals surface area contributed by atoms with Gasteiger partial charge >= 0.3 is 11.7 Å². The van der Waals surface area contributed by atoms with Crippen LogP contribution in [0.25, 0.3) is 27.8 Å². The van der Waals surface area contributed by atoms with E-state index in [9.17, 15) is 9.59 Å². The van der Waals surface area contributed by atoms with Crippen molar-refractivity contribution in [1.29, 1.82) is 0 Å². The number of aromatic nitrogens is 3. The summed E-state index contributed by atoms with van der Waals surface area (Å²) in [5.41, 5.74) is 5.86. The van der Waals surface area contributed by atoms with Crippen LogP contribution < -0.4 is 15.2 Å². The third-order valence-corrected chi connectivity index (χ3v) is 7.59. The summed E-state index contributed by atoms with van der Waals surface area (Å²) >= 11 is 0. The molecule has 8 heteroatoms. The Morgan fingerprint density at radius 3 is 2.02 bits per heavy atom. The van der Waals surface area contributed by atoms with Crippen LogP contribution in [0, 0.1) is 0 Å². The third-order valence-electron chi connectivity index (χ3n) is 7.59. The van der Waals surface area contributed by atoms with Gasteiger partial charge in [0, 0.05) is 13.1 Å². The van der Waals surface area contributed by atoms with E-state index in [4.69, 9.17) is 19.2 Å². The van der Waals surface area contributed by atoms with Gasteiger partial charge in [-0.2, -0.15) is 4.98 Å². The van der Waals surface area contributed by atoms with Gasteiger partial charge in [0.15, 0.2) is 0 Å². The van der Waals surface area contributed by atoms with Crippen LogP contribution in [0.2, 0.25) is 0 Å². The Balaban J connectivity index is 1.34. The molecule has 6 rings (SSSR count). The maximum Gasteiger partial charge on any atom is 0.333 e. The number of fused-ring (bicyclic) bond motifs is 1. The zero-order chi connectivity index (χ0) is 33.0. The van der Waals surface area contributed by atoms with Gasteiger partial charge in [-0.1, -0.05) is 91.0 Å². The average molecular weight is 628 g/mol. The van der Waals surface area contributed by atoms with E-state index in [1.54, 1.807) is 22.2 Å². The van der Waals surface area contributed by atoms with E-state index < -0.39 is 5.60 Å². The largest absolute Gasteiger partial charge is 0.473 e. The maximum absolute atomic E-state index is 13.8. The van der Waals surface area contributed by atoms with E-state index in [-0.39, 0.29) is 30.6 Å². The third kappa shape index (κ3) is 7.44. The maximum atomic E-state index is 13.8. The molecule has 238 valence electrons. The molecule has 0 aliphatic rings. The molecule has 0 saturated heterocycles. The van der Waals surface area contributed by atoms with Crippen molar-refractivity contribution in [2.75, 3.05) is 0 Å². The quantitative estimate of drug-likeness (QED) is 0.147. The predicted molar refractivity (Wildman–Crippen MR) is 183 cm³/mol.